The fourth-order valence-electron chi connectivity index (χ4n) is 3.42. The van der Waals surface area contributed by atoms with E-state index in [1.165, 1.54) is 6.92 Å². The van der Waals surface area contributed by atoms with Crippen LogP contribution in [0.15, 0.2) is 30.5 Å². The Morgan fingerprint density at radius 2 is 2.03 bits per heavy atom. The van der Waals surface area contributed by atoms with Crippen LogP contribution in [0.3, 0.4) is 0 Å². The van der Waals surface area contributed by atoms with E-state index in [0.717, 1.165) is 25.9 Å². The van der Waals surface area contributed by atoms with Crippen molar-refractivity contribution in [3.8, 4) is 17.0 Å². The molecule has 1 amide bonds. The molecule has 1 aliphatic rings. The zero-order valence-electron chi connectivity index (χ0n) is 16.7. The molecule has 2 N–H and O–H groups in total. The minimum absolute atomic E-state index is 0.000417. The van der Waals surface area contributed by atoms with Gasteiger partial charge in [0.1, 0.15) is 11.3 Å². The number of benzene rings is 1. The number of piperidine rings is 1. The van der Waals surface area contributed by atoms with E-state index in [9.17, 15) is 14.7 Å². The highest BCUT2D eigenvalue weighted by Crippen LogP contribution is 2.27. The monoisotopic (exact) mass is 398 g/mol. The largest absolute Gasteiger partial charge is 0.493 e. The van der Waals surface area contributed by atoms with Gasteiger partial charge in [-0.05, 0) is 49.9 Å². The molecular formula is C21H26N4O4. The number of carboxylic acid groups (broad SMARTS) is 1. The average molecular weight is 398 g/mol. The molecule has 2 heterocycles. The number of hydrogen-bond donors (Lipinski definition) is 2. The molecule has 0 radical (unpaired) electrons. The van der Waals surface area contributed by atoms with Crippen LogP contribution in [0.1, 0.15) is 37.0 Å². The number of rotatable bonds is 7. The van der Waals surface area contributed by atoms with Crippen molar-refractivity contribution in [2.24, 2.45) is 5.92 Å². The molecule has 8 heteroatoms. The summed E-state index contributed by atoms with van der Waals surface area (Å²) in [5, 5.41) is 12.4. The lowest BCUT2D eigenvalue weighted by atomic mass is 9.97. The van der Waals surface area contributed by atoms with Gasteiger partial charge in [0.25, 0.3) is 0 Å². The number of amides is 1. The fourth-order valence-corrected chi connectivity index (χ4v) is 3.42. The first-order valence-electron chi connectivity index (χ1n) is 9.81. The lowest BCUT2D eigenvalue weighted by Crippen LogP contribution is -2.39. The average Bonchev–Trinajstić information content (AvgIpc) is 2.73. The minimum Gasteiger partial charge on any atom is -0.493 e. The maximum absolute atomic E-state index is 11.6. The lowest BCUT2D eigenvalue weighted by Gasteiger charge is -2.32. The summed E-state index contributed by atoms with van der Waals surface area (Å²) >= 11 is 0. The second-order valence-corrected chi connectivity index (χ2v) is 7.06. The summed E-state index contributed by atoms with van der Waals surface area (Å²) in [7, 11) is 0. The molecule has 1 aliphatic heterocycles. The molecule has 154 valence electrons. The number of carbonyl (C=O) groups excluding carboxylic acids is 1. The van der Waals surface area contributed by atoms with Gasteiger partial charge < -0.3 is 20.1 Å². The Kier molecular flexibility index (Phi) is 6.64. The molecule has 0 bridgehead atoms. The Balaban J connectivity index is 1.74. The van der Waals surface area contributed by atoms with Gasteiger partial charge in [0.05, 0.1) is 12.3 Å². The first kappa shape index (κ1) is 20.6. The quantitative estimate of drug-likeness (QED) is 0.739. The second-order valence-electron chi connectivity index (χ2n) is 7.06. The highest BCUT2D eigenvalue weighted by molar-refractivity contribution is 5.92. The predicted molar refractivity (Wildman–Crippen MR) is 109 cm³/mol. The van der Waals surface area contributed by atoms with Gasteiger partial charge in [-0.2, -0.15) is 0 Å². The summed E-state index contributed by atoms with van der Waals surface area (Å²) in [5.74, 6) is 0.401. The van der Waals surface area contributed by atoms with Crippen molar-refractivity contribution in [1.29, 1.82) is 0 Å². The van der Waals surface area contributed by atoms with Gasteiger partial charge in [-0.3, -0.25) is 4.79 Å². The number of aromatic carboxylic acids is 1. The van der Waals surface area contributed by atoms with Crippen molar-refractivity contribution < 1.29 is 19.4 Å². The maximum atomic E-state index is 11.6. The highest BCUT2D eigenvalue weighted by atomic mass is 16.5. The molecule has 8 nitrogen and oxygen atoms in total. The first-order chi connectivity index (χ1) is 14.0. The SMILES string of the molecule is CCOc1ccc(-c2ccnc(N3CCC(CNC(C)=O)CC3)n2)cc1C(=O)O. The summed E-state index contributed by atoms with van der Waals surface area (Å²) in [4.78, 5) is 33.8. The van der Waals surface area contributed by atoms with Crippen molar-refractivity contribution >= 4 is 17.8 Å². The van der Waals surface area contributed by atoms with Gasteiger partial charge >= 0.3 is 5.97 Å². The van der Waals surface area contributed by atoms with Crippen LogP contribution in [-0.2, 0) is 4.79 Å². The summed E-state index contributed by atoms with van der Waals surface area (Å²) in [6.07, 6.45) is 3.61. The molecule has 1 fully saturated rings. The third-order valence-corrected chi connectivity index (χ3v) is 4.99. The predicted octanol–water partition coefficient (Wildman–Crippen LogP) is 2.59. The van der Waals surface area contributed by atoms with E-state index in [1.807, 2.05) is 13.0 Å². The van der Waals surface area contributed by atoms with Crippen LogP contribution < -0.4 is 15.0 Å². The van der Waals surface area contributed by atoms with Gasteiger partial charge in [0.2, 0.25) is 11.9 Å². The molecule has 1 saturated heterocycles. The first-order valence-corrected chi connectivity index (χ1v) is 9.81. The molecule has 0 saturated carbocycles. The van der Waals surface area contributed by atoms with E-state index in [1.54, 1.807) is 24.4 Å². The molecule has 29 heavy (non-hydrogen) atoms. The molecule has 3 rings (SSSR count). The van der Waals surface area contributed by atoms with Crippen LogP contribution in [0.25, 0.3) is 11.3 Å². The van der Waals surface area contributed by atoms with Gasteiger partial charge in [-0.1, -0.05) is 0 Å². The number of nitrogens with zero attached hydrogens (tertiary/aromatic N) is 3. The number of anilines is 1. The van der Waals surface area contributed by atoms with Crippen molar-refractivity contribution in [2.75, 3.05) is 31.1 Å². The smallest absolute Gasteiger partial charge is 0.339 e. The molecule has 1 aromatic heterocycles. The lowest BCUT2D eigenvalue weighted by molar-refractivity contribution is -0.119. The Labute approximate surface area is 169 Å². The topological polar surface area (TPSA) is 105 Å². The summed E-state index contributed by atoms with van der Waals surface area (Å²) < 4.78 is 5.40. The highest BCUT2D eigenvalue weighted by Gasteiger charge is 2.21. The van der Waals surface area contributed by atoms with Crippen molar-refractivity contribution in [3.05, 3.63) is 36.0 Å². The summed E-state index contributed by atoms with van der Waals surface area (Å²) in [6.45, 7) is 6.08. The number of ether oxygens (including phenoxy) is 1. The van der Waals surface area contributed by atoms with E-state index < -0.39 is 5.97 Å². The van der Waals surface area contributed by atoms with E-state index in [4.69, 9.17) is 4.74 Å². The molecule has 2 aromatic rings. The number of carbonyl (C=O) groups is 2. The van der Waals surface area contributed by atoms with Crippen LogP contribution in [0.4, 0.5) is 5.95 Å². The van der Waals surface area contributed by atoms with Crippen molar-refractivity contribution in [3.63, 3.8) is 0 Å². The standard InChI is InChI=1S/C21H26N4O4/c1-3-29-19-5-4-16(12-17(19)20(27)28)18-6-9-22-21(24-18)25-10-7-15(8-11-25)13-23-14(2)26/h4-6,9,12,15H,3,7-8,10-11,13H2,1-2H3,(H,23,26)(H,27,28). The molecule has 1 aromatic carbocycles. The van der Waals surface area contributed by atoms with Gasteiger partial charge in [0, 0.05) is 38.3 Å². The normalized spacial score (nSPS) is 14.5. The Morgan fingerprint density at radius 1 is 1.28 bits per heavy atom. The minimum atomic E-state index is -1.04. The zero-order chi connectivity index (χ0) is 20.8. The van der Waals surface area contributed by atoms with E-state index in [2.05, 4.69) is 20.2 Å². The van der Waals surface area contributed by atoms with Crippen LogP contribution >= 0.6 is 0 Å². The van der Waals surface area contributed by atoms with Gasteiger partial charge in [0.15, 0.2) is 0 Å². The molecule has 0 spiro atoms. The Morgan fingerprint density at radius 3 is 2.69 bits per heavy atom. The van der Waals surface area contributed by atoms with Crippen molar-refractivity contribution in [1.82, 2.24) is 15.3 Å². The summed E-state index contributed by atoms with van der Waals surface area (Å²) in [5.41, 5.74) is 1.49. The van der Waals surface area contributed by atoms with Crippen LogP contribution in [0.5, 0.6) is 5.75 Å². The maximum Gasteiger partial charge on any atom is 0.339 e. The number of carboxylic acids is 1. The van der Waals surface area contributed by atoms with E-state index >= 15 is 0 Å². The van der Waals surface area contributed by atoms with E-state index in [0.29, 0.717) is 42.0 Å². The second kappa shape index (κ2) is 9.36. The van der Waals surface area contributed by atoms with Crippen LogP contribution in [-0.4, -0.2) is 53.2 Å². The van der Waals surface area contributed by atoms with Crippen LogP contribution in [0.2, 0.25) is 0 Å². The van der Waals surface area contributed by atoms with E-state index in [-0.39, 0.29) is 11.5 Å². The molecule has 0 atom stereocenters. The molecule has 0 aliphatic carbocycles. The number of nitrogens with one attached hydrogen (secondary N) is 1. The van der Waals surface area contributed by atoms with Gasteiger partial charge in [-0.25, -0.2) is 14.8 Å². The Hall–Kier alpha value is -3.16. The zero-order valence-corrected chi connectivity index (χ0v) is 16.7. The third-order valence-electron chi connectivity index (χ3n) is 4.99. The number of hydrogen-bond acceptors (Lipinski definition) is 6. The molecular weight excluding hydrogens is 372 g/mol. The van der Waals surface area contributed by atoms with Crippen LogP contribution in [0, 0.1) is 5.92 Å². The molecule has 0 unspecified atom stereocenters. The number of aromatic nitrogens is 2. The van der Waals surface area contributed by atoms with Gasteiger partial charge in [-0.15, -0.1) is 0 Å². The van der Waals surface area contributed by atoms with Crippen molar-refractivity contribution in [2.45, 2.75) is 26.7 Å². The third kappa shape index (κ3) is 5.22. The fraction of sp³-hybridized carbons (Fsp3) is 0.429. The summed E-state index contributed by atoms with van der Waals surface area (Å²) in [6, 6.07) is 6.83. The Bertz CT molecular complexity index is 879.